The summed E-state index contributed by atoms with van der Waals surface area (Å²) >= 11 is 0. The van der Waals surface area contributed by atoms with Gasteiger partial charge >= 0.3 is 18.9 Å². The van der Waals surface area contributed by atoms with E-state index in [1.165, 1.54) is 38.5 Å². The Labute approximate surface area is 90.7 Å². The van der Waals surface area contributed by atoms with Gasteiger partial charge in [-0.15, -0.1) is 0 Å². The largest absolute Gasteiger partial charge is 1.00 e. The van der Waals surface area contributed by atoms with Crippen LogP contribution in [-0.4, -0.2) is 0 Å². The molecule has 68 valence electrons. The predicted octanol–water partition coefficient (Wildman–Crippen LogP) is 1.21. The summed E-state index contributed by atoms with van der Waals surface area (Å²) in [5.41, 5.74) is 0. The van der Waals surface area contributed by atoms with Gasteiger partial charge in [0.05, 0.1) is 0 Å². The number of rotatable bonds is 1. The summed E-state index contributed by atoms with van der Waals surface area (Å²) in [5.74, 6) is 1.04. The van der Waals surface area contributed by atoms with E-state index < -0.39 is 0 Å². The van der Waals surface area contributed by atoms with Crippen LogP contribution in [0.15, 0.2) is 0 Å². The molecule has 0 unspecified atom stereocenters. The molecule has 0 aromatic rings. The van der Waals surface area contributed by atoms with E-state index in [2.05, 4.69) is 20.8 Å². The Morgan fingerprint density at radius 2 is 1.58 bits per heavy atom. The first-order valence-corrected chi connectivity index (χ1v) is 5.10. The molecule has 0 radical (unpaired) electrons. The molecule has 0 saturated heterocycles. The molecule has 1 aliphatic carbocycles. The molecule has 12 heavy (non-hydrogen) atoms. The van der Waals surface area contributed by atoms with Crippen LogP contribution in [0.5, 0.6) is 0 Å². The van der Waals surface area contributed by atoms with Crippen molar-refractivity contribution in [3.63, 3.8) is 0 Å². The van der Waals surface area contributed by atoms with Gasteiger partial charge in [0, 0.05) is 0 Å². The minimum absolute atomic E-state index is 0. The van der Waals surface area contributed by atoms with Gasteiger partial charge in [-0.1, -0.05) is 52.4 Å². The Kier molecular flexibility index (Phi) is 14.6. The van der Waals surface area contributed by atoms with Crippen LogP contribution < -0.4 is 18.9 Å². The maximum absolute atomic E-state index is 3.60. The molecule has 1 rings (SSSR count). The van der Waals surface area contributed by atoms with Crippen molar-refractivity contribution >= 4 is 0 Å². The third-order valence-corrected chi connectivity index (χ3v) is 2.25. The molecule has 0 aliphatic heterocycles. The Hall–Kier alpha value is 0.597. The monoisotopic (exact) mass is 162 g/mol. The van der Waals surface area contributed by atoms with E-state index >= 15 is 0 Å². The minimum Gasteiger partial charge on any atom is -0.343 e. The summed E-state index contributed by atoms with van der Waals surface area (Å²) < 4.78 is 0. The van der Waals surface area contributed by atoms with Gasteiger partial charge < -0.3 is 6.92 Å². The third kappa shape index (κ3) is 10.6. The molecule has 0 aromatic carbocycles. The summed E-state index contributed by atoms with van der Waals surface area (Å²) in [4.78, 5) is 0. The second kappa shape index (κ2) is 11.6. The molecule has 0 nitrogen and oxygen atoms in total. The molecule has 0 bridgehead atoms. The van der Waals surface area contributed by atoms with Gasteiger partial charge in [-0.05, 0) is 5.92 Å². The first kappa shape index (κ1) is 15.1. The fourth-order valence-corrected chi connectivity index (χ4v) is 1.31. The van der Waals surface area contributed by atoms with Crippen molar-refractivity contribution in [1.82, 2.24) is 0 Å². The van der Waals surface area contributed by atoms with E-state index in [0.717, 1.165) is 12.3 Å². The molecule has 0 amide bonds. The first-order chi connectivity index (χ1) is 5.31. The standard InChI is InChI=1S/C7H14.C4H9.Li/c1-7-5-3-2-4-6-7;1-3-4-2;/h7H,2-6H2,1H3;1,3-4H2,2H3;/q;-1;+1. The van der Waals surface area contributed by atoms with Crippen LogP contribution in [0.3, 0.4) is 0 Å². The van der Waals surface area contributed by atoms with Crippen molar-refractivity contribution in [1.29, 1.82) is 0 Å². The van der Waals surface area contributed by atoms with Gasteiger partial charge in [-0.3, -0.25) is 0 Å². The second-order valence-electron chi connectivity index (χ2n) is 3.60. The third-order valence-electron chi connectivity index (χ3n) is 2.25. The van der Waals surface area contributed by atoms with Crippen LogP contribution in [0.25, 0.3) is 0 Å². The smallest absolute Gasteiger partial charge is 0.343 e. The summed E-state index contributed by atoms with van der Waals surface area (Å²) in [6.07, 6.45) is 9.71. The zero-order chi connectivity index (χ0) is 8.53. The molecule has 1 saturated carbocycles. The molecular formula is C11H23Li. The van der Waals surface area contributed by atoms with E-state index in [0.29, 0.717) is 0 Å². The van der Waals surface area contributed by atoms with Crippen molar-refractivity contribution in [3.8, 4) is 0 Å². The van der Waals surface area contributed by atoms with Gasteiger partial charge in [0.25, 0.3) is 0 Å². The van der Waals surface area contributed by atoms with E-state index in [9.17, 15) is 0 Å². The Morgan fingerprint density at radius 1 is 1.17 bits per heavy atom. The Balaban J connectivity index is 0. The summed E-state index contributed by atoms with van der Waals surface area (Å²) in [6, 6.07) is 0. The zero-order valence-electron chi connectivity index (χ0n) is 9.23. The zero-order valence-corrected chi connectivity index (χ0v) is 9.23. The molecule has 0 N–H and O–H groups in total. The summed E-state index contributed by atoms with van der Waals surface area (Å²) in [6.45, 7) is 8.08. The quantitative estimate of drug-likeness (QED) is 0.401. The van der Waals surface area contributed by atoms with Gasteiger partial charge in [-0.2, -0.15) is 6.42 Å². The van der Waals surface area contributed by atoms with E-state index in [1.54, 1.807) is 0 Å². The maximum atomic E-state index is 3.60. The van der Waals surface area contributed by atoms with Crippen LogP contribution >= 0.6 is 0 Å². The Bertz CT molecular complexity index is 63.4. The van der Waals surface area contributed by atoms with E-state index in [1.807, 2.05) is 0 Å². The second-order valence-corrected chi connectivity index (χ2v) is 3.60. The fraction of sp³-hybridized carbons (Fsp3) is 0.909. The van der Waals surface area contributed by atoms with E-state index in [-0.39, 0.29) is 18.9 Å². The predicted molar refractivity (Wildman–Crippen MR) is 52.5 cm³/mol. The average molecular weight is 162 g/mol. The van der Waals surface area contributed by atoms with Crippen LogP contribution in [0.4, 0.5) is 0 Å². The SMILES string of the molecule is CC1CCCCC1.[CH2-]CCC.[Li+]. The van der Waals surface area contributed by atoms with Crippen molar-refractivity contribution in [2.24, 2.45) is 5.92 Å². The molecule has 1 fully saturated rings. The van der Waals surface area contributed by atoms with Gasteiger partial charge in [-0.25, -0.2) is 0 Å². The molecule has 0 heterocycles. The van der Waals surface area contributed by atoms with Gasteiger partial charge in [0.15, 0.2) is 0 Å². The summed E-state index contributed by atoms with van der Waals surface area (Å²) in [7, 11) is 0. The number of hydrogen-bond donors (Lipinski definition) is 0. The first-order valence-electron chi connectivity index (χ1n) is 5.10. The van der Waals surface area contributed by atoms with Gasteiger partial charge in [0.2, 0.25) is 0 Å². The molecular weight excluding hydrogens is 139 g/mol. The normalized spacial score (nSPS) is 17.2. The average Bonchev–Trinajstić information content (AvgIpc) is 2.07. The maximum Gasteiger partial charge on any atom is 1.00 e. The van der Waals surface area contributed by atoms with Crippen LogP contribution in [0, 0.1) is 12.8 Å². The van der Waals surface area contributed by atoms with Gasteiger partial charge in [0.1, 0.15) is 0 Å². The fourth-order valence-electron chi connectivity index (χ4n) is 1.31. The minimum atomic E-state index is 0. The molecule has 0 atom stereocenters. The van der Waals surface area contributed by atoms with Crippen molar-refractivity contribution in [2.45, 2.75) is 58.8 Å². The van der Waals surface area contributed by atoms with Crippen molar-refractivity contribution < 1.29 is 18.9 Å². The van der Waals surface area contributed by atoms with Crippen LogP contribution in [0.1, 0.15) is 58.8 Å². The summed E-state index contributed by atoms with van der Waals surface area (Å²) in [5, 5.41) is 0. The molecule has 0 aromatic heterocycles. The number of unbranched alkanes of at least 4 members (excludes halogenated alkanes) is 1. The molecule has 1 heteroatoms. The topological polar surface area (TPSA) is 0 Å². The number of hydrogen-bond acceptors (Lipinski definition) is 0. The van der Waals surface area contributed by atoms with Crippen LogP contribution in [0.2, 0.25) is 0 Å². The van der Waals surface area contributed by atoms with Crippen LogP contribution in [-0.2, 0) is 0 Å². The molecule has 0 spiro atoms. The Morgan fingerprint density at radius 3 is 1.75 bits per heavy atom. The van der Waals surface area contributed by atoms with Crippen molar-refractivity contribution in [2.75, 3.05) is 0 Å². The molecule has 1 aliphatic rings. The van der Waals surface area contributed by atoms with Crippen molar-refractivity contribution in [3.05, 3.63) is 6.92 Å². The van der Waals surface area contributed by atoms with E-state index in [4.69, 9.17) is 0 Å².